The van der Waals surface area contributed by atoms with Crippen LogP contribution in [-0.4, -0.2) is 8.42 Å². The maximum absolute atomic E-state index is 11.1. The third-order valence-corrected chi connectivity index (χ3v) is 3.54. The summed E-state index contributed by atoms with van der Waals surface area (Å²) in [6.45, 7) is 4.41. The average Bonchev–Trinajstić information content (AvgIpc) is 2.79. The lowest BCUT2D eigenvalue weighted by Crippen LogP contribution is -2.10. The minimum Gasteiger partial charge on any atom is -0.446 e. The van der Waals surface area contributed by atoms with E-state index in [-0.39, 0.29) is 5.09 Å². The first-order chi connectivity index (χ1) is 8.86. The Hall–Kier alpha value is -1.79. The predicted octanol–water partition coefficient (Wildman–Crippen LogP) is 2.16. The molecule has 2 aromatic rings. The number of rotatable bonds is 4. The van der Waals surface area contributed by atoms with Crippen molar-refractivity contribution in [3.63, 3.8) is 0 Å². The van der Waals surface area contributed by atoms with Gasteiger partial charge in [0.05, 0.1) is 6.54 Å². The van der Waals surface area contributed by atoms with Gasteiger partial charge in [-0.15, -0.1) is 0 Å². The van der Waals surface area contributed by atoms with E-state index < -0.39 is 10.0 Å². The third kappa shape index (κ3) is 3.36. The highest BCUT2D eigenvalue weighted by atomic mass is 32.2. The van der Waals surface area contributed by atoms with Gasteiger partial charge in [-0.3, -0.25) is 0 Å². The van der Waals surface area contributed by atoms with Crippen LogP contribution in [0, 0.1) is 13.8 Å². The molecule has 0 saturated carbocycles. The van der Waals surface area contributed by atoms with Crippen LogP contribution in [0.3, 0.4) is 0 Å². The van der Waals surface area contributed by atoms with Crippen molar-refractivity contribution < 1.29 is 12.8 Å². The first kappa shape index (κ1) is 13.6. The monoisotopic (exact) mass is 280 g/mol. The Bertz CT molecular complexity index is 690. The van der Waals surface area contributed by atoms with Crippen LogP contribution in [0.2, 0.25) is 0 Å². The van der Waals surface area contributed by atoms with Gasteiger partial charge in [-0.1, -0.05) is 12.1 Å². The van der Waals surface area contributed by atoms with Crippen LogP contribution in [0.5, 0.6) is 0 Å². The van der Waals surface area contributed by atoms with Gasteiger partial charge in [-0.05, 0) is 43.2 Å². The lowest BCUT2D eigenvalue weighted by atomic mass is 10.1. The van der Waals surface area contributed by atoms with Gasteiger partial charge in [0.25, 0.3) is 10.0 Å². The normalized spacial score (nSPS) is 11.5. The largest absolute Gasteiger partial charge is 0.446 e. The number of anilines is 1. The lowest BCUT2D eigenvalue weighted by Gasteiger charge is -2.09. The molecule has 0 bridgehead atoms. The number of hydrogen-bond donors (Lipinski definition) is 2. The molecule has 0 aliphatic heterocycles. The number of benzene rings is 1. The van der Waals surface area contributed by atoms with E-state index in [1.807, 2.05) is 32.0 Å². The zero-order chi connectivity index (χ0) is 14.0. The molecule has 0 fully saturated rings. The van der Waals surface area contributed by atoms with Crippen molar-refractivity contribution >= 4 is 15.7 Å². The molecular formula is C13H16N2O3S. The second kappa shape index (κ2) is 5.07. The molecule has 102 valence electrons. The first-order valence-corrected chi connectivity index (χ1v) is 7.33. The van der Waals surface area contributed by atoms with Crippen LogP contribution in [0.25, 0.3) is 0 Å². The number of aryl methyl sites for hydroxylation is 2. The summed E-state index contributed by atoms with van der Waals surface area (Å²) < 4.78 is 27.3. The van der Waals surface area contributed by atoms with Crippen molar-refractivity contribution in [1.82, 2.24) is 0 Å². The number of hydrogen-bond acceptors (Lipinski definition) is 4. The Kier molecular flexibility index (Phi) is 3.64. The third-order valence-electron chi connectivity index (χ3n) is 2.76. The molecular weight excluding hydrogens is 264 g/mol. The summed E-state index contributed by atoms with van der Waals surface area (Å²) in [5, 5.41) is 7.97. The maximum Gasteiger partial charge on any atom is 0.271 e. The van der Waals surface area contributed by atoms with Gasteiger partial charge >= 0.3 is 0 Å². The fourth-order valence-electron chi connectivity index (χ4n) is 1.71. The highest BCUT2D eigenvalue weighted by molar-refractivity contribution is 7.89. The lowest BCUT2D eigenvalue weighted by molar-refractivity contribution is 0.419. The summed E-state index contributed by atoms with van der Waals surface area (Å²) in [6, 6.07) is 9.04. The van der Waals surface area contributed by atoms with Gasteiger partial charge in [-0.2, -0.15) is 0 Å². The van der Waals surface area contributed by atoms with Gasteiger partial charge in [0, 0.05) is 5.69 Å². The highest BCUT2D eigenvalue weighted by Crippen LogP contribution is 2.18. The Balaban J connectivity index is 2.11. The topological polar surface area (TPSA) is 85.3 Å². The fraction of sp³-hybridized carbons (Fsp3) is 0.231. The molecule has 3 N–H and O–H groups in total. The average molecular weight is 280 g/mol. The molecule has 0 radical (unpaired) electrons. The Morgan fingerprint density at radius 1 is 1.21 bits per heavy atom. The van der Waals surface area contributed by atoms with Crippen LogP contribution in [-0.2, 0) is 16.6 Å². The van der Waals surface area contributed by atoms with Gasteiger partial charge in [0.2, 0.25) is 5.09 Å². The molecule has 0 unspecified atom stereocenters. The van der Waals surface area contributed by atoms with Gasteiger partial charge in [0.1, 0.15) is 5.76 Å². The zero-order valence-corrected chi connectivity index (χ0v) is 11.6. The second-order valence-electron chi connectivity index (χ2n) is 4.44. The van der Waals surface area contributed by atoms with E-state index in [9.17, 15) is 8.42 Å². The Morgan fingerprint density at radius 2 is 1.95 bits per heavy atom. The minimum absolute atomic E-state index is 0.217. The van der Waals surface area contributed by atoms with E-state index in [0.717, 1.165) is 16.8 Å². The van der Waals surface area contributed by atoms with Gasteiger partial charge in [0.15, 0.2) is 0 Å². The molecule has 0 saturated heterocycles. The molecule has 1 heterocycles. The molecule has 1 aromatic carbocycles. The summed E-state index contributed by atoms with van der Waals surface area (Å²) >= 11 is 0. The van der Waals surface area contributed by atoms with E-state index in [4.69, 9.17) is 9.56 Å². The standard InChI is InChI=1S/C13H16N2O3S/c1-9-3-4-10(2)12(7-9)15-8-11-5-6-13(18-11)19(14,16)17/h3-7,15H,8H2,1-2H3,(H2,14,16,17). The highest BCUT2D eigenvalue weighted by Gasteiger charge is 2.13. The number of nitrogens with two attached hydrogens (primary N) is 1. The molecule has 19 heavy (non-hydrogen) atoms. The summed E-state index contributed by atoms with van der Waals surface area (Å²) in [6.07, 6.45) is 0. The van der Waals surface area contributed by atoms with E-state index in [1.54, 1.807) is 6.07 Å². The molecule has 0 amide bonds. The molecule has 5 nitrogen and oxygen atoms in total. The van der Waals surface area contributed by atoms with E-state index in [2.05, 4.69) is 5.32 Å². The molecule has 2 rings (SSSR count). The molecule has 0 aliphatic carbocycles. The van der Waals surface area contributed by atoms with Crippen molar-refractivity contribution in [3.05, 3.63) is 47.2 Å². The van der Waals surface area contributed by atoms with Crippen molar-refractivity contribution in [2.45, 2.75) is 25.5 Å². The Labute approximate surface area is 112 Å². The Morgan fingerprint density at radius 3 is 2.58 bits per heavy atom. The predicted molar refractivity (Wildman–Crippen MR) is 73.3 cm³/mol. The van der Waals surface area contributed by atoms with E-state index >= 15 is 0 Å². The zero-order valence-electron chi connectivity index (χ0n) is 10.8. The molecule has 0 aliphatic rings. The summed E-state index contributed by atoms with van der Waals surface area (Å²) in [7, 11) is -3.77. The van der Waals surface area contributed by atoms with Gasteiger partial charge in [-0.25, -0.2) is 13.6 Å². The van der Waals surface area contributed by atoms with Crippen LogP contribution in [0.15, 0.2) is 39.8 Å². The molecule has 0 atom stereocenters. The number of primary sulfonamides is 1. The molecule has 6 heteroatoms. The molecule has 1 aromatic heterocycles. The van der Waals surface area contributed by atoms with Crippen molar-refractivity contribution in [2.75, 3.05) is 5.32 Å². The summed E-state index contributed by atoms with van der Waals surface area (Å²) in [5.41, 5.74) is 3.26. The van der Waals surface area contributed by atoms with Crippen molar-refractivity contribution in [3.8, 4) is 0 Å². The summed E-state index contributed by atoms with van der Waals surface area (Å²) in [4.78, 5) is 0. The van der Waals surface area contributed by atoms with Crippen LogP contribution in [0.1, 0.15) is 16.9 Å². The number of nitrogens with one attached hydrogen (secondary N) is 1. The smallest absolute Gasteiger partial charge is 0.271 e. The quantitative estimate of drug-likeness (QED) is 0.898. The van der Waals surface area contributed by atoms with E-state index in [1.165, 1.54) is 6.07 Å². The molecule has 0 spiro atoms. The van der Waals surface area contributed by atoms with Crippen LogP contribution < -0.4 is 10.5 Å². The van der Waals surface area contributed by atoms with E-state index in [0.29, 0.717) is 12.3 Å². The summed E-state index contributed by atoms with van der Waals surface area (Å²) in [5.74, 6) is 0.518. The van der Waals surface area contributed by atoms with Crippen molar-refractivity contribution in [2.24, 2.45) is 5.14 Å². The van der Waals surface area contributed by atoms with Gasteiger partial charge < -0.3 is 9.73 Å². The minimum atomic E-state index is -3.77. The fourth-order valence-corrected chi connectivity index (χ4v) is 2.20. The van der Waals surface area contributed by atoms with Crippen molar-refractivity contribution in [1.29, 1.82) is 0 Å². The van der Waals surface area contributed by atoms with Crippen LogP contribution in [0.4, 0.5) is 5.69 Å². The number of furan rings is 1. The second-order valence-corrected chi connectivity index (χ2v) is 5.93. The number of sulfonamides is 1. The van der Waals surface area contributed by atoms with Crippen LogP contribution >= 0.6 is 0 Å². The maximum atomic E-state index is 11.1. The first-order valence-electron chi connectivity index (χ1n) is 5.79. The SMILES string of the molecule is Cc1ccc(C)c(NCc2ccc(S(N)(=O)=O)o2)c1.